The molecule has 2 heterocycles. The van der Waals surface area contributed by atoms with Gasteiger partial charge in [-0.25, -0.2) is 4.98 Å². The van der Waals surface area contributed by atoms with Gasteiger partial charge in [0.05, 0.1) is 25.0 Å². The number of rotatable bonds is 9. The number of furan rings is 1. The second-order valence-electron chi connectivity index (χ2n) is 6.14. The number of nitrogens with zero attached hydrogens (tertiary/aromatic N) is 2. The molecule has 3 rings (SSSR count). The van der Waals surface area contributed by atoms with Crippen molar-refractivity contribution in [2.24, 2.45) is 0 Å². The van der Waals surface area contributed by atoms with Crippen molar-refractivity contribution in [1.29, 1.82) is 0 Å². The lowest BCUT2D eigenvalue weighted by Gasteiger charge is -2.18. The molecule has 2 aromatic heterocycles. The van der Waals surface area contributed by atoms with Gasteiger partial charge in [0.1, 0.15) is 0 Å². The van der Waals surface area contributed by atoms with Crippen LogP contribution in [0, 0.1) is 0 Å². The molecule has 0 atom stereocenters. The van der Waals surface area contributed by atoms with Gasteiger partial charge in [-0.1, -0.05) is 6.07 Å². The molecule has 29 heavy (non-hydrogen) atoms. The van der Waals surface area contributed by atoms with E-state index in [1.807, 2.05) is 11.4 Å². The number of aromatic nitrogens is 1. The molecular formula is C20H20F2N2O4S. The molecule has 0 aliphatic carbocycles. The van der Waals surface area contributed by atoms with E-state index in [0.717, 1.165) is 10.6 Å². The Morgan fingerprint density at radius 3 is 2.83 bits per heavy atom. The first kappa shape index (κ1) is 20.8. The van der Waals surface area contributed by atoms with Crippen molar-refractivity contribution in [3.8, 4) is 22.3 Å². The van der Waals surface area contributed by atoms with Crippen LogP contribution in [0.5, 0.6) is 11.5 Å². The molecule has 0 fully saturated rings. The van der Waals surface area contributed by atoms with Gasteiger partial charge in [0.25, 0.3) is 0 Å². The van der Waals surface area contributed by atoms with Crippen LogP contribution in [0.15, 0.2) is 46.4 Å². The number of hydrogen-bond donors (Lipinski definition) is 0. The van der Waals surface area contributed by atoms with Gasteiger partial charge >= 0.3 is 6.61 Å². The van der Waals surface area contributed by atoms with Gasteiger partial charge in [0.2, 0.25) is 5.91 Å². The smallest absolute Gasteiger partial charge is 0.387 e. The van der Waals surface area contributed by atoms with Crippen LogP contribution in [-0.2, 0) is 17.8 Å². The minimum Gasteiger partial charge on any atom is -0.490 e. The summed E-state index contributed by atoms with van der Waals surface area (Å²) in [5.74, 6) is 0.727. The summed E-state index contributed by atoms with van der Waals surface area (Å²) >= 11 is 1.41. The highest BCUT2D eigenvalue weighted by Gasteiger charge is 2.16. The molecule has 6 nitrogen and oxygen atoms in total. The molecule has 3 aromatic rings. The molecule has 1 amide bonds. The van der Waals surface area contributed by atoms with Crippen molar-refractivity contribution in [3.05, 3.63) is 53.2 Å². The Kier molecular flexibility index (Phi) is 6.82. The van der Waals surface area contributed by atoms with E-state index in [-0.39, 0.29) is 23.8 Å². The molecule has 1 aromatic carbocycles. The predicted molar refractivity (Wildman–Crippen MR) is 104 cm³/mol. The number of halogens is 2. The van der Waals surface area contributed by atoms with Crippen LogP contribution in [0.3, 0.4) is 0 Å². The van der Waals surface area contributed by atoms with E-state index in [0.29, 0.717) is 24.6 Å². The Balaban J connectivity index is 1.64. The van der Waals surface area contributed by atoms with Crippen molar-refractivity contribution >= 4 is 17.2 Å². The summed E-state index contributed by atoms with van der Waals surface area (Å²) in [5, 5.41) is 2.55. The highest BCUT2D eigenvalue weighted by atomic mass is 32.1. The number of carbonyl (C=O) groups is 1. The van der Waals surface area contributed by atoms with Crippen molar-refractivity contribution < 1.29 is 27.5 Å². The van der Waals surface area contributed by atoms with E-state index in [1.54, 1.807) is 43.3 Å². The summed E-state index contributed by atoms with van der Waals surface area (Å²) in [7, 11) is 1.67. The molecule has 0 aliphatic heterocycles. The second-order valence-corrected chi connectivity index (χ2v) is 7.00. The number of thiazole rings is 1. The third-order valence-corrected chi connectivity index (χ3v) is 4.89. The number of carbonyl (C=O) groups excluding carboxylic acids is 1. The van der Waals surface area contributed by atoms with Gasteiger partial charge in [-0.2, -0.15) is 8.78 Å². The van der Waals surface area contributed by atoms with Gasteiger partial charge in [0, 0.05) is 19.0 Å². The average molecular weight is 422 g/mol. The van der Waals surface area contributed by atoms with Gasteiger partial charge < -0.3 is 18.8 Å². The molecule has 0 radical (unpaired) electrons. The highest BCUT2D eigenvalue weighted by Crippen LogP contribution is 2.30. The molecule has 0 N–H and O–H groups in total. The van der Waals surface area contributed by atoms with Crippen molar-refractivity contribution in [2.75, 3.05) is 13.7 Å². The Bertz CT molecular complexity index is 944. The molecule has 0 saturated heterocycles. The topological polar surface area (TPSA) is 64.8 Å². The number of amides is 1. The lowest BCUT2D eigenvalue weighted by molar-refractivity contribution is -0.129. The molecular weight excluding hydrogens is 402 g/mol. The van der Waals surface area contributed by atoms with Crippen LogP contribution in [0.2, 0.25) is 0 Å². The number of hydrogen-bond acceptors (Lipinski definition) is 6. The number of ether oxygens (including phenoxy) is 2. The van der Waals surface area contributed by atoms with E-state index >= 15 is 0 Å². The van der Waals surface area contributed by atoms with Gasteiger partial charge in [-0.15, -0.1) is 11.3 Å². The van der Waals surface area contributed by atoms with E-state index in [2.05, 4.69) is 9.72 Å². The van der Waals surface area contributed by atoms with Crippen LogP contribution in [-0.4, -0.2) is 36.1 Å². The monoisotopic (exact) mass is 422 g/mol. The van der Waals surface area contributed by atoms with E-state index in [4.69, 9.17) is 9.15 Å². The first-order valence-electron chi connectivity index (χ1n) is 8.89. The fourth-order valence-electron chi connectivity index (χ4n) is 2.67. The average Bonchev–Trinajstić information content (AvgIpc) is 3.35. The zero-order chi connectivity index (χ0) is 20.8. The maximum atomic E-state index is 12.5. The van der Waals surface area contributed by atoms with Crippen molar-refractivity contribution in [3.63, 3.8) is 0 Å². The zero-order valence-electron chi connectivity index (χ0n) is 15.9. The van der Waals surface area contributed by atoms with E-state index in [1.165, 1.54) is 17.4 Å². The third kappa shape index (κ3) is 5.54. The van der Waals surface area contributed by atoms with Crippen LogP contribution >= 0.6 is 11.3 Å². The summed E-state index contributed by atoms with van der Waals surface area (Å²) in [6.07, 6.45) is 1.72. The van der Waals surface area contributed by atoms with Crippen LogP contribution in [0.25, 0.3) is 10.8 Å². The summed E-state index contributed by atoms with van der Waals surface area (Å²) in [6, 6.07) is 8.24. The van der Waals surface area contributed by atoms with Crippen molar-refractivity contribution in [1.82, 2.24) is 9.88 Å². The summed E-state index contributed by atoms with van der Waals surface area (Å²) < 4.78 is 40.2. The predicted octanol–water partition coefficient (Wildman–Crippen LogP) is 4.60. The molecule has 0 aliphatic rings. The maximum absolute atomic E-state index is 12.5. The largest absolute Gasteiger partial charge is 0.490 e. The second kappa shape index (κ2) is 9.51. The Morgan fingerprint density at radius 1 is 1.31 bits per heavy atom. The van der Waals surface area contributed by atoms with E-state index in [9.17, 15) is 13.6 Å². The molecule has 154 valence electrons. The molecule has 0 bridgehead atoms. The minimum atomic E-state index is -2.94. The first-order valence-corrected chi connectivity index (χ1v) is 9.77. The lowest BCUT2D eigenvalue weighted by atomic mass is 10.2. The SMILES string of the molecule is CCOc1cc(CN(C)C(=O)Cc2csc(-c3ccco3)n2)ccc1OC(F)F. The fourth-order valence-corrected chi connectivity index (χ4v) is 3.45. The van der Waals surface area contributed by atoms with Crippen LogP contribution in [0.4, 0.5) is 8.78 Å². The number of benzene rings is 1. The number of likely N-dealkylation sites (N-methyl/N-ethyl adjacent to an activating group) is 1. The molecule has 0 spiro atoms. The standard InChI is InChI=1S/C20H20F2N2O4S/c1-3-26-17-9-13(6-7-15(17)28-20(21)22)11-24(2)18(25)10-14-12-29-19(23-14)16-5-4-8-27-16/h4-9,12,20H,3,10-11H2,1-2H3. The summed E-state index contributed by atoms with van der Waals surface area (Å²) in [5.41, 5.74) is 1.40. The summed E-state index contributed by atoms with van der Waals surface area (Å²) in [6.45, 7) is -0.587. The highest BCUT2D eigenvalue weighted by molar-refractivity contribution is 7.13. The third-order valence-electron chi connectivity index (χ3n) is 3.99. The summed E-state index contributed by atoms with van der Waals surface area (Å²) in [4.78, 5) is 18.5. The quantitative estimate of drug-likeness (QED) is 0.504. The lowest BCUT2D eigenvalue weighted by Crippen LogP contribution is -2.27. The normalized spacial score (nSPS) is 10.9. The Morgan fingerprint density at radius 2 is 2.14 bits per heavy atom. The van der Waals surface area contributed by atoms with Gasteiger partial charge in [-0.05, 0) is 36.8 Å². The zero-order valence-corrected chi connectivity index (χ0v) is 16.7. The van der Waals surface area contributed by atoms with Gasteiger partial charge in [-0.3, -0.25) is 4.79 Å². The Hall–Kier alpha value is -2.94. The first-order chi connectivity index (χ1) is 14.0. The fraction of sp³-hybridized carbons (Fsp3) is 0.300. The molecule has 9 heteroatoms. The Labute approximate surface area is 170 Å². The van der Waals surface area contributed by atoms with Gasteiger partial charge in [0.15, 0.2) is 22.3 Å². The number of alkyl halides is 2. The van der Waals surface area contributed by atoms with Crippen LogP contribution < -0.4 is 9.47 Å². The molecule has 0 unspecified atom stereocenters. The molecule has 0 saturated carbocycles. The minimum absolute atomic E-state index is 0.0347. The maximum Gasteiger partial charge on any atom is 0.387 e. The van der Waals surface area contributed by atoms with Crippen LogP contribution in [0.1, 0.15) is 18.2 Å². The van der Waals surface area contributed by atoms with E-state index < -0.39 is 6.61 Å². The van der Waals surface area contributed by atoms with Crippen molar-refractivity contribution in [2.45, 2.75) is 26.5 Å².